The molecule has 0 amide bonds. The van der Waals surface area contributed by atoms with Crippen LogP contribution in [0.3, 0.4) is 0 Å². The molecule has 0 aliphatic heterocycles. The van der Waals surface area contributed by atoms with E-state index in [2.05, 4.69) is 60.2 Å². The van der Waals surface area contributed by atoms with Gasteiger partial charge in [-0.2, -0.15) is 0 Å². The summed E-state index contributed by atoms with van der Waals surface area (Å²) in [6.07, 6.45) is 0. The third-order valence-electron chi connectivity index (χ3n) is 3.20. The van der Waals surface area contributed by atoms with Gasteiger partial charge in [0.2, 0.25) is 0 Å². The molecule has 3 heteroatoms. The first kappa shape index (κ1) is 14.1. The summed E-state index contributed by atoms with van der Waals surface area (Å²) in [6.45, 7) is 6.26. The van der Waals surface area contributed by atoms with Gasteiger partial charge in [0.1, 0.15) is 5.82 Å². The molecule has 1 nitrogen and oxygen atoms in total. The van der Waals surface area contributed by atoms with Crippen LogP contribution in [0.2, 0.25) is 0 Å². The number of benzene rings is 2. The minimum Gasteiger partial charge on any atom is -0.378 e. The second kappa shape index (κ2) is 5.74. The standard InChI is InChI=1S/C16H17BrFN/c1-10-4-5-11(2)14(8-10)12(3)19-13-6-7-15(17)16(18)9-13/h4-9,12,19H,1-3H3. The van der Waals surface area contributed by atoms with Gasteiger partial charge in [-0.05, 0) is 66.0 Å². The van der Waals surface area contributed by atoms with E-state index in [1.165, 1.54) is 22.8 Å². The molecule has 0 radical (unpaired) electrons. The highest BCUT2D eigenvalue weighted by atomic mass is 79.9. The van der Waals surface area contributed by atoms with Crippen molar-refractivity contribution in [3.8, 4) is 0 Å². The summed E-state index contributed by atoms with van der Waals surface area (Å²) in [5.74, 6) is -0.252. The van der Waals surface area contributed by atoms with Gasteiger partial charge in [0.05, 0.1) is 4.47 Å². The van der Waals surface area contributed by atoms with Gasteiger partial charge in [-0.3, -0.25) is 0 Å². The zero-order chi connectivity index (χ0) is 14.0. The Bertz CT molecular complexity index is 595. The van der Waals surface area contributed by atoms with Crippen molar-refractivity contribution >= 4 is 21.6 Å². The summed E-state index contributed by atoms with van der Waals surface area (Å²) in [5, 5.41) is 3.33. The highest BCUT2D eigenvalue weighted by Crippen LogP contribution is 2.25. The first-order chi connectivity index (χ1) is 8.97. The Morgan fingerprint density at radius 3 is 2.53 bits per heavy atom. The fourth-order valence-electron chi connectivity index (χ4n) is 2.14. The molecule has 100 valence electrons. The molecule has 0 saturated heterocycles. The number of hydrogen-bond acceptors (Lipinski definition) is 1. The second-order valence-corrected chi connectivity index (χ2v) is 5.71. The van der Waals surface area contributed by atoms with Crippen molar-refractivity contribution in [1.82, 2.24) is 0 Å². The maximum absolute atomic E-state index is 13.5. The van der Waals surface area contributed by atoms with Gasteiger partial charge in [-0.15, -0.1) is 0 Å². The predicted molar refractivity (Wildman–Crippen MR) is 82.1 cm³/mol. The molecule has 1 unspecified atom stereocenters. The van der Waals surface area contributed by atoms with Crippen molar-refractivity contribution in [2.24, 2.45) is 0 Å². The van der Waals surface area contributed by atoms with Crippen LogP contribution in [-0.2, 0) is 0 Å². The number of aryl methyl sites for hydroxylation is 2. The third-order valence-corrected chi connectivity index (χ3v) is 3.85. The van der Waals surface area contributed by atoms with Crippen LogP contribution in [0.4, 0.5) is 10.1 Å². The lowest BCUT2D eigenvalue weighted by Crippen LogP contribution is -2.08. The molecule has 0 bridgehead atoms. The Morgan fingerprint density at radius 1 is 1.11 bits per heavy atom. The van der Waals surface area contributed by atoms with Crippen LogP contribution in [0, 0.1) is 19.7 Å². The molecule has 0 spiro atoms. The lowest BCUT2D eigenvalue weighted by atomic mass is 10.00. The van der Waals surface area contributed by atoms with Crippen LogP contribution in [0.5, 0.6) is 0 Å². The quantitative estimate of drug-likeness (QED) is 0.800. The Labute approximate surface area is 122 Å². The molecule has 2 rings (SSSR count). The van der Waals surface area contributed by atoms with E-state index in [4.69, 9.17) is 0 Å². The van der Waals surface area contributed by atoms with Crippen LogP contribution in [0.25, 0.3) is 0 Å². The maximum Gasteiger partial charge on any atom is 0.139 e. The molecule has 0 fully saturated rings. The number of hydrogen-bond donors (Lipinski definition) is 1. The normalized spacial score (nSPS) is 12.3. The summed E-state index contributed by atoms with van der Waals surface area (Å²) >= 11 is 3.16. The van der Waals surface area contributed by atoms with Gasteiger partial charge in [0, 0.05) is 11.7 Å². The topological polar surface area (TPSA) is 12.0 Å². The van der Waals surface area contributed by atoms with E-state index in [0.29, 0.717) is 4.47 Å². The van der Waals surface area contributed by atoms with Crippen molar-refractivity contribution in [3.05, 3.63) is 63.4 Å². The first-order valence-electron chi connectivity index (χ1n) is 6.26. The molecule has 0 saturated carbocycles. The largest absolute Gasteiger partial charge is 0.378 e. The summed E-state index contributed by atoms with van der Waals surface area (Å²) in [7, 11) is 0. The van der Waals surface area contributed by atoms with E-state index in [1.54, 1.807) is 6.07 Å². The van der Waals surface area contributed by atoms with Crippen molar-refractivity contribution in [1.29, 1.82) is 0 Å². The number of nitrogens with one attached hydrogen (secondary N) is 1. The van der Waals surface area contributed by atoms with E-state index >= 15 is 0 Å². The molecule has 1 N–H and O–H groups in total. The number of rotatable bonds is 3. The molecule has 2 aromatic carbocycles. The van der Waals surface area contributed by atoms with E-state index < -0.39 is 0 Å². The van der Waals surface area contributed by atoms with E-state index in [1.807, 2.05) is 6.07 Å². The van der Waals surface area contributed by atoms with Crippen LogP contribution in [0.1, 0.15) is 29.7 Å². The second-order valence-electron chi connectivity index (χ2n) is 4.85. The van der Waals surface area contributed by atoms with E-state index in [-0.39, 0.29) is 11.9 Å². The van der Waals surface area contributed by atoms with Crippen LogP contribution in [0.15, 0.2) is 40.9 Å². The lowest BCUT2D eigenvalue weighted by Gasteiger charge is -2.18. The Hall–Kier alpha value is -1.35. The van der Waals surface area contributed by atoms with Crippen LogP contribution in [-0.4, -0.2) is 0 Å². The van der Waals surface area contributed by atoms with E-state index in [0.717, 1.165) is 5.69 Å². The summed E-state index contributed by atoms with van der Waals surface area (Å²) < 4.78 is 14.0. The molecular weight excluding hydrogens is 305 g/mol. The lowest BCUT2D eigenvalue weighted by molar-refractivity contribution is 0.621. The van der Waals surface area contributed by atoms with Crippen LogP contribution < -0.4 is 5.32 Å². The summed E-state index contributed by atoms with van der Waals surface area (Å²) in [5.41, 5.74) is 4.50. The minimum atomic E-state index is -0.252. The maximum atomic E-state index is 13.5. The number of halogens is 2. The Morgan fingerprint density at radius 2 is 1.84 bits per heavy atom. The fraction of sp³-hybridized carbons (Fsp3) is 0.250. The minimum absolute atomic E-state index is 0.139. The van der Waals surface area contributed by atoms with Gasteiger partial charge in [0.25, 0.3) is 0 Å². The zero-order valence-corrected chi connectivity index (χ0v) is 12.9. The molecular formula is C16H17BrFN. The molecule has 19 heavy (non-hydrogen) atoms. The summed E-state index contributed by atoms with van der Waals surface area (Å²) in [4.78, 5) is 0. The van der Waals surface area contributed by atoms with Crippen LogP contribution >= 0.6 is 15.9 Å². The van der Waals surface area contributed by atoms with Crippen molar-refractivity contribution in [2.75, 3.05) is 5.32 Å². The highest BCUT2D eigenvalue weighted by molar-refractivity contribution is 9.10. The smallest absolute Gasteiger partial charge is 0.139 e. The Balaban J connectivity index is 2.22. The average molecular weight is 322 g/mol. The third kappa shape index (κ3) is 3.35. The van der Waals surface area contributed by atoms with Gasteiger partial charge >= 0.3 is 0 Å². The summed E-state index contributed by atoms with van der Waals surface area (Å²) in [6, 6.07) is 11.6. The molecule has 0 heterocycles. The molecule has 0 aliphatic rings. The van der Waals surface area contributed by atoms with Crippen molar-refractivity contribution in [3.63, 3.8) is 0 Å². The SMILES string of the molecule is Cc1ccc(C)c(C(C)Nc2ccc(Br)c(F)c2)c1. The first-order valence-corrected chi connectivity index (χ1v) is 7.05. The zero-order valence-electron chi connectivity index (χ0n) is 11.3. The van der Waals surface area contributed by atoms with Gasteiger partial charge in [-0.25, -0.2) is 4.39 Å². The molecule has 2 aromatic rings. The fourth-order valence-corrected chi connectivity index (χ4v) is 2.39. The van der Waals surface area contributed by atoms with Gasteiger partial charge < -0.3 is 5.32 Å². The molecule has 0 aliphatic carbocycles. The molecule has 1 atom stereocenters. The van der Waals surface area contributed by atoms with Crippen molar-refractivity contribution < 1.29 is 4.39 Å². The highest BCUT2D eigenvalue weighted by Gasteiger charge is 2.09. The molecule has 0 aromatic heterocycles. The monoisotopic (exact) mass is 321 g/mol. The van der Waals surface area contributed by atoms with E-state index in [9.17, 15) is 4.39 Å². The predicted octanol–water partition coefficient (Wildman–Crippen LogP) is 5.38. The van der Waals surface area contributed by atoms with Gasteiger partial charge in [0.15, 0.2) is 0 Å². The Kier molecular flexibility index (Phi) is 4.25. The van der Waals surface area contributed by atoms with Gasteiger partial charge in [-0.1, -0.05) is 23.8 Å². The number of anilines is 1. The average Bonchev–Trinajstić information content (AvgIpc) is 2.36. The van der Waals surface area contributed by atoms with Crippen molar-refractivity contribution in [2.45, 2.75) is 26.8 Å².